The van der Waals surface area contributed by atoms with Crippen LogP contribution in [0.2, 0.25) is 0 Å². The van der Waals surface area contributed by atoms with E-state index in [1.54, 1.807) is 24.3 Å². The Kier molecular flexibility index (Phi) is 5.71. The van der Waals surface area contributed by atoms with Crippen molar-refractivity contribution in [2.24, 2.45) is 0 Å². The van der Waals surface area contributed by atoms with Crippen LogP contribution in [-0.2, 0) is 16.4 Å². The number of hydrogen-bond acceptors (Lipinski definition) is 4. The predicted molar refractivity (Wildman–Crippen MR) is 121 cm³/mol. The molecule has 0 saturated carbocycles. The molecule has 158 valence electrons. The number of nitrogens with one attached hydrogen (secondary N) is 2. The number of para-hydroxylation sites is 1. The van der Waals surface area contributed by atoms with Crippen LogP contribution < -0.4 is 14.9 Å². The number of amides is 1. The molecule has 4 rings (SSSR count). The molecule has 0 radical (unpaired) electrons. The van der Waals surface area contributed by atoms with E-state index in [4.69, 9.17) is 12.2 Å². The zero-order valence-corrected chi connectivity index (χ0v) is 17.8. The van der Waals surface area contributed by atoms with E-state index in [9.17, 15) is 17.6 Å². The lowest BCUT2D eigenvalue weighted by Gasteiger charge is -2.19. The van der Waals surface area contributed by atoms with Gasteiger partial charge in [-0.2, -0.15) is 0 Å². The Morgan fingerprint density at radius 2 is 1.65 bits per heavy atom. The summed E-state index contributed by atoms with van der Waals surface area (Å²) in [6.45, 7) is 0.397. The van der Waals surface area contributed by atoms with Gasteiger partial charge in [-0.1, -0.05) is 30.3 Å². The molecule has 1 aliphatic heterocycles. The number of sulfonamides is 1. The first-order valence-corrected chi connectivity index (χ1v) is 11.3. The summed E-state index contributed by atoms with van der Waals surface area (Å²) in [5.41, 5.74) is 2.06. The molecule has 0 saturated heterocycles. The van der Waals surface area contributed by atoms with Crippen molar-refractivity contribution in [3.63, 3.8) is 0 Å². The Balaban J connectivity index is 1.44. The van der Waals surface area contributed by atoms with Gasteiger partial charge in [0.15, 0.2) is 5.11 Å². The highest BCUT2D eigenvalue weighted by atomic mass is 32.2. The van der Waals surface area contributed by atoms with E-state index in [0.29, 0.717) is 24.3 Å². The fraction of sp³-hybridized carbons (Fsp3) is 0.0909. The van der Waals surface area contributed by atoms with Gasteiger partial charge in [0, 0.05) is 12.2 Å². The Hall–Kier alpha value is -3.30. The van der Waals surface area contributed by atoms with E-state index < -0.39 is 21.7 Å². The maximum Gasteiger partial charge on any atom is 0.264 e. The number of hydrogen-bond donors (Lipinski definition) is 2. The molecule has 1 heterocycles. The average Bonchev–Trinajstić information content (AvgIpc) is 3.19. The molecule has 3 aromatic rings. The van der Waals surface area contributed by atoms with Gasteiger partial charge in [0.05, 0.1) is 16.1 Å². The molecule has 9 heteroatoms. The molecule has 1 amide bonds. The minimum atomic E-state index is -3.70. The van der Waals surface area contributed by atoms with Gasteiger partial charge in [-0.15, -0.1) is 0 Å². The van der Waals surface area contributed by atoms with Gasteiger partial charge in [-0.05, 0) is 66.7 Å². The molecule has 0 spiro atoms. The third-order valence-corrected chi connectivity index (χ3v) is 6.92. The van der Waals surface area contributed by atoms with Crippen LogP contribution in [0.25, 0.3) is 0 Å². The van der Waals surface area contributed by atoms with Gasteiger partial charge >= 0.3 is 0 Å². The monoisotopic (exact) mass is 455 g/mol. The third-order valence-electron chi connectivity index (χ3n) is 4.89. The average molecular weight is 456 g/mol. The van der Waals surface area contributed by atoms with Crippen LogP contribution in [0.1, 0.15) is 15.9 Å². The van der Waals surface area contributed by atoms with Crippen LogP contribution in [0.5, 0.6) is 0 Å². The van der Waals surface area contributed by atoms with Gasteiger partial charge in [-0.25, -0.2) is 12.8 Å². The largest absolute Gasteiger partial charge is 0.332 e. The summed E-state index contributed by atoms with van der Waals surface area (Å²) < 4.78 is 41.2. The maximum atomic E-state index is 13.7. The SMILES string of the molecule is O=C(NC(=S)Nc1ccc(S(=O)(=O)N2CCc3ccccc32)cc1)c1ccccc1F. The van der Waals surface area contributed by atoms with Crippen LogP contribution in [0, 0.1) is 5.82 Å². The third kappa shape index (κ3) is 4.28. The quantitative estimate of drug-likeness (QED) is 0.587. The highest BCUT2D eigenvalue weighted by Gasteiger charge is 2.30. The first kappa shape index (κ1) is 21.0. The highest BCUT2D eigenvalue weighted by Crippen LogP contribution is 2.32. The van der Waals surface area contributed by atoms with Crippen molar-refractivity contribution in [1.82, 2.24) is 5.32 Å². The van der Waals surface area contributed by atoms with E-state index in [0.717, 1.165) is 5.56 Å². The summed E-state index contributed by atoms with van der Waals surface area (Å²) >= 11 is 5.10. The van der Waals surface area contributed by atoms with Crippen molar-refractivity contribution in [3.05, 3.63) is 89.7 Å². The van der Waals surface area contributed by atoms with Crippen LogP contribution in [0.15, 0.2) is 77.7 Å². The maximum absolute atomic E-state index is 13.7. The number of thiocarbonyl (C=S) groups is 1. The van der Waals surface area contributed by atoms with Crippen molar-refractivity contribution in [2.75, 3.05) is 16.2 Å². The summed E-state index contributed by atoms with van der Waals surface area (Å²) in [6.07, 6.45) is 0.672. The van der Waals surface area contributed by atoms with E-state index in [1.807, 2.05) is 18.2 Å². The first-order chi connectivity index (χ1) is 14.9. The van der Waals surface area contributed by atoms with E-state index in [2.05, 4.69) is 10.6 Å². The van der Waals surface area contributed by atoms with E-state index in [1.165, 1.54) is 34.6 Å². The molecule has 31 heavy (non-hydrogen) atoms. The fourth-order valence-electron chi connectivity index (χ4n) is 3.37. The Bertz CT molecular complexity index is 1260. The molecule has 0 aromatic heterocycles. The molecule has 6 nitrogen and oxygen atoms in total. The molecular formula is C22H18FN3O3S2. The van der Waals surface area contributed by atoms with Crippen LogP contribution in [-0.4, -0.2) is 26.0 Å². The highest BCUT2D eigenvalue weighted by molar-refractivity contribution is 7.92. The summed E-state index contributed by atoms with van der Waals surface area (Å²) in [6, 6.07) is 19.0. The standard InChI is InChI=1S/C22H18FN3O3S2/c23-19-7-3-2-6-18(19)21(27)25-22(30)24-16-9-11-17(12-10-16)31(28,29)26-14-13-15-5-1-4-8-20(15)26/h1-12H,13-14H2,(H2,24,25,27,30). The molecule has 0 aliphatic carbocycles. The smallest absolute Gasteiger partial charge is 0.264 e. The number of fused-ring (bicyclic) bond motifs is 1. The molecular weight excluding hydrogens is 437 g/mol. The number of benzene rings is 3. The van der Waals surface area contributed by atoms with Crippen LogP contribution in [0.4, 0.5) is 15.8 Å². The predicted octanol–water partition coefficient (Wildman–Crippen LogP) is 3.70. The number of carbonyl (C=O) groups is 1. The van der Waals surface area contributed by atoms with Gasteiger partial charge in [0.2, 0.25) is 0 Å². The van der Waals surface area contributed by atoms with Crippen LogP contribution >= 0.6 is 12.2 Å². The Morgan fingerprint density at radius 3 is 2.39 bits per heavy atom. The Labute approximate surface area is 184 Å². The number of rotatable bonds is 4. The molecule has 2 N–H and O–H groups in total. The van der Waals surface area contributed by atoms with Crippen molar-refractivity contribution < 1.29 is 17.6 Å². The lowest BCUT2D eigenvalue weighted by atomic mass is 10.2. The van der Waals surface area contributed by atoms with Crippen molar-refractivity contribution in [2.45, 2.75) is 11.3 Å². The number of anilines is 2. The second kappa shape index (κ2) is 8.44. The summed E-state index contributed by atoms with van der Waals surface area (Å²) in [5.74, 6) is -1.33. The number of halogens is 1. The lowest BCUT2D eigenvalue weighted by molar-refractivity contribution is 0.0974. The van der Waals surface area contributed by atoms with Gasteiger partial charge in [-0.3, -0.25) is 14.4 Å². The molecule has 0 unspecified atom stereocenters. The minimum absolute atomic E-state index is 0.0302. The summed E-state index contributed by atoms with van der Waals surface area (Å²) in [4.78, 5) is 12.3. The van der Waals surface area contributed by atoms with Gasteiger partial charge in [0.25, 0.3) is 15.9 Å². The van der Waals surface area contributed by atoms with Gasteiger partial charge in [0.1, 0.15) is 5.82 Å². The summed E-state index contributed by atoms with van der Waals surface area (Å²) in [7, 11) is -3.70. The van der Waals surface area contributed by atoms with E-state index in [-0.39, 0.29) is 15.6 Å². The topological polar surface area (TPSA) is 78.5 Å². The molecule has 0 bridgehead atoms. The molecule has 0 fully saturated rings. The Morgan fingerprint density at radius 1 is 0.968 bits per heavy atom. The van der Waals surface area contributed by atoms with Crippen molar-refractivity contribution in [3.8, 4) is 0 Å². The second-order valence-electron chi connectivity index (χ2n) is 6.87. The number of carbonyl (C=O) groups excluding carboxylic acids is 1. The zero-order chi connectivity index (χ0) is 22.0. The molecule has 0 atom stereocenters. The summed E-state index contributed by atoms with van der Waals surface area (Å²) in [5, 5.41) is 5.17. The van der Waals surface area contributed by atoms with Gasteiger partial charge < -0.3 is 5.32 Å². The molecule has 3 aromatic carbocycles. The number of nitrogens with zero attached hydrogens (tertiary/aromatic N) is 1. The first-order valence-electron chi connectivity index (χ1n) is 9.44. The van der Waals surface area contributed by atoms with Crippen molar-refractivity contribution >= 4 is 44.6 Å². The fourth-order valence-corrected chi connectivity index (χ4v) is 5.09. The molecule has 1 aliphatic rings. The van der Waals surface area contributed by atoms with Crippen molar-refractivity contribution in [1.29, 1.82) is 0 Å². The zero-order valence-electron chi connectivity index (χ0n) is 16.2. The van der Waals surface area contributed by atoms with E-state index >= 15 is 0 Å². The van der Waals surface area contributed by atoms with Crippen LogP contribution in [0.3, 0.4) is 0 Å². The lowest BCUT2D eigenvalue weighted by Crippen LogP contribution is -2.34. The minimum Gasteiger partial charge on any atom is -0.332 e. The second-order valence-corrected chi connectivity index (χ2v) is 9.14. The normalized spacial score (nSPS) is 12.9.